The minimum atomic E-state index is 0.648. The molecule has 0 radical (unpaired) electrons. The van der Waals surface area contributed by atoms with E-state index in [0.29, 0.717) is 5.92 Å². The fraction of sp³-hybridized carbons (Fsp3) is 0.278. The van der Waals surface area contributed by atoms with Crippen LogP contribution in [0.15, 0.2) is 48.8 Å². The van der Waals surface area contributed by atoms with E-state index in [9.17, 15) is 0 Å². The van der Waals surface area contributed by atoms with Gasteiger partial charge >= 0.3 is 0 Å². The van der Waals surface area contributed by atoms with Crippen LogP contribution >= 0.6 is 0 Å². The predicted octanol–water partition coefficient (Wildman–Crippen LogP) is 3.92. The lowest BCUT2D eigenvalue weighted by Gasteiger charge is -2.12. The molecule has 0 spiro atoms. The Balaban J connectivity index is 1.72. The quantitative estimate of drug-likeness (QED) is 0.684. The monoisotopic (exact) mass is 262 g/mol. The number of benzene rings is 1. The van der Waals surface area contributed by atoms with Crippen molar-refractivity contribution < 1.29 is 0 Å². The van der Waals surface area contributed by atoms with Gasteiger partial charge in [-0.1, -0.05) is 30.3 Å². The number of imidazole rings is 1. The summed E-state index contributed by atoms with van der Waals surface area (Å²) in [6, 6.07) is 13.2. The first kappa shape index (κ1) is 11.7. The van der Waals surface area contributed by atoms with Gasteiger partial charge in [-0.05, 0) is 54.9 Å². The molecule has 3 aromatic rings. The minimum Gasteiger partial charge on any atom is -0.307 e. The van der Waals surface area contributed by atoms with Crippen LogP contribution in [-0.4, -0.2) is 9.38 Å². The highest BCUT2D eigenvalue weighted by Crippen LogP contribution is 2.35. The Hall–Kier alpha value is -2.09. The van der Waals surface area contributed by atoms with Gasteiger partial charge in [0.2, 0.25) is 0 Å². The summed E-state index contributed by atoms with van der Waals surface area (Å²) in [5, 5.41) is 0. The van der Waals surface area contributed by atoms with E-state index < -0.39 is 0 Å². The highest BCUT2D eigenvalue weighted by atomic mass is 15.0. The van der Waals surface area contributed by atoms with E-state index in [-0.39, 0.29) is 0 Å². The molecule has 0 saturated carbocycles. The van der Waals surface area contributed by atoms with E-state index in [0.717, 1.165) is 17.8 Å². The van der Waals surface area contributed by atoms with Crippen LogP contribution in [0.4, 0.5) is 0 Å². The van der Waals surface area contributed by atoms with Crippen LogP contribution in [0, 0.1) is 6.92 Å². The van der Waals surface area contributed by atoms with Gasteiger partial charge in [-0.15, -0.1) is 0 Å². The van der Waals surface area contributed by atoms with Crippen molar-refractivity contribution in [2.75, 3.05) is 0 Å². The zero-order valence-corrected chi connectivity index (χ0v) is 11.7. The van der Waals surface area contributed by atoms with Crippen molar-refractivity contribution in [3.63, 3.8) is 0 Å². The molecule has 0 aliphatic heterocycles. The molecule has 20 heavy (non-hydrogen) atoms. The summed E-state index contributed by atoms with van der Waals surface area (Å²) in [6.07, 6.45) is 7.76. The summed E-state index contributed by atoms with van der Waals surface area (Å²) in [4.78, 5) is 4.67. The molecular formula is C18H18N2. The highest BCUT2D eigenvalue weighted by Gasteiger charge is 2.22. The van der Waals surface area contributed by atoms with Crippen LogP contribution in [0.5, 0.6) is 0 Å². The maximum absolute atomic E-state index is 4.67. The van der Waals surface area contributed by atoms with Crippen molar-refractivity contribution in [1.82, 2.24) is 9.38 Å². The van der Waals surface area contributed by atoms with E-state index >= 15 is 0 Å². The molecule has 1 aliphatic carbocycles. The Morgan fingerprint density at radius 3 is 3.05 bits per heavy atom. The van der Waals surface area contributed by atoms with Crippen molar-refractivity contribution in [3.05, 3.63) is 71.2 Å². The summed E-state index contributed by atoms with van der Waals surface area (Å²) in [7, 11) is 0. The second-order valence-corrected chi connectivity index (χ2v) is 5.79. The van der Waals surface area contributed by atoms with E-state index in [4.69, 9.17) is 0 Å². The number of pyridine rings is 1. The van der Waals surface area contributed by atoms with Crippen molar-refractivity contribution in [2.45, 2.75) is 32.1 Å². The van der Waals surface area contributed by atoms with E-state index in [1.54, 1.807) is 0 Å². The van der Waals surface area contributed by atoms with Gasteiger partial charge in [0.25, 0.3) is 0 Å². The maximum atomic E-state index is 4.67. The standard InChI is InChI=1S/C18H18N2/c1-13-12-20-10-4-6-16(18(20)19-13)11-15-9-8-14-5-2-3-7-17(14)15/h2-7,10,12,15H,8-9,11H2,1H3. The molecule has 2 nitrogen and oxygen atoms in total. The fourth-order valence-electron chi connectivity index (χ4n) is 3.48. The Bertz CT molecular complexity index is 770. The lowest BCUT2D eigenvalue weighted by Crippen LogP contribution is -2.01. The van der Waals surface area contributed by atoms with E-state index in [1.807, 2.05) is 0 Å². The van der Waals surface area contributed by atoms with Gasteiger partial charge < -0.3 is 4.40 Å². The SMILES string of the molecule is Cc1cn2cccc(CC3CCc4ccccc43)c2n1. The molecule has 1 aliphatic rings. The molecule has 4 rings (SSSR count). The number of hydrogen-bond donors (Lipinski definition) is 0. The third-order valence-corrected chi connectivity index (χ3v) is 4.41. The average molecular weight is 262 g/mol. The smallest absolute Gasteiger partial charge is 0.140 e. The van der Waals surface area contributed by atoms with Gasteiger partial charge in [-0.2, -0.15) is 0 Å². The van der Waals surface area contributed by atoms with E-state index in [1.165, 1.54) is 29.5 Å². The van der Waals surface area contributed by atoms with Gasteiger partial charge in [-0.3, -0.25) is 0 Å². The second-order valence-electron chi connectivity index (χ2n) is 5.79. The molecule has 0 N–H and O–H groups in total. The van der Waals surface area contributed by atoms with E-state index in [2.05, 4.69) is 65.1 Å². The summed E-state index contributed by atoms with van der Waals surface area (Å²) < 4.78 is 2.14. The molecular weight excluding hydrogens is 244 g/mol. The first-order valence-electron chi connectivity index (χ1n) is 7.32. The lowest BCUT2D eigenvalue weighted by atomic mass is 9.94. The molecule has 0 bridgehead atoms. The molecule has 100 valence electrons. The minimum absolute atomic E-state index is 0.648. The molecule has 0 saturated heterocycles. The normalized spacial score (nSPS) is 17.6. The van der Waals surface area contributed by atoms with Gasteiger partial charge in [0.05, 0.1) is 5.69 Å². The Morgan fingerprint density at radius 1 is 1.20 bits per heavy atom. The largest absolute Gasteiger partial charge is 0.307 e. The topological polar surface area (TPSA) is 17.3 Å². The van der Waals surface area contributed by atoms with Crippen LogP contribution < -0.4 is 0 Å². The lowest BCUT2D eigenvalue weighted by molar-refractivity contribution is 0.675. The van der Waals surface area contributed by atoms with Gasteiger partial charge in [-0.25, -0.2) is 4.98 Å². The van der Waals surface area contributed by atoms with Crippen molar-refractivity contribution in [3.8, 4) is 0 Å². The molecule has 2 aromatic heterocycles. The summed E-state index contributed by atoms with van der Waals surface area (Å²) in [5.74, 6) is 0.648. The van der Waals surface area contributed by atoms with Crippen LogP contribution in [-0.2, 0) is 12.8 Å². The molecule has 2 heteroatoms. The zero-order chi connectivity index (χ0) is 13.5. The molecule has 1 atom stereocenters. The molecule has 0 amide bonds. The predicted molar refractivity (Wildman–Crippen MR) is 81.1 cm³/mol. The molecule has 1 aromatic carbocycles. The van der Waals surface area contributed by atoms with Crippen LogP contribution in [0.3, 0.4) is 0 Å². The number of aromatic nitrogens is 2. The number of aryl methyl sites for hydroxylation is 2. The third kappa shape index (κ3) is 1.83. The molecule has 0 fully saturated rings. The molecule has 1 unspecified atom stereocenters. The third-order valence-electron chi connectivity index (χ3n) is 4.41. The second kappa shape index (κ2) is 4.48. The molecule has 2 heterocycles. The zero-order valence-electron chi connectivity index (χ0n) is 11.7. The summed E-state index contributed by atoms with van der Waals surface area (Å²) in [6.45, 7) is 2.06. The Morgan fingerprint density at radius 2 is 2.10 bits per heavy atom. The first-order chi connectivity index (χ1) is 9.81. The fourth-order valence-corrected chi connectivity index (χ4v) is 3.48. The average Bonchev–Trinajstić information content (AvgIpc) is 3.03. The number of nitrogens with zero attached hydrogens (tertiary/aromatic N) is 2. The summed E-state index contributed by atoms with van der Waals surface area (Å²) in [5.41, 5.74) is 6.64. The highest BCUT2D eigenvalue weighted by molar-refractivity contribution is 5.50. The van der Waals surface area contributed by atoms with Crippen molar-refractivity contribution in [1.29, 1.82) is 0 Å². The number of hydrogen-bond acceptors (Lipinski definition) is 1. The van der Waals surface area contributed by atoms with Crippen LogP contribution in [0.2, 0.25) is 0 Å². The van der Waals surface area contributed by atoms with Crippen LogP contribution in [0.25, 0.3) is 5.65 Å². The Labute approximate surface area is 119 Å². The maximum Gasteiger partial charge on any atom is 0.140 e. The van der Waals surface area contributed by atoms with Gasteiger partial charge in [0.1, 0.15) is 5.65 Å². The van der Waals surface area contributed by atoms with Gasteiger partial charge in [0, 0.05) is 12.4 Å². The first-order valence-corrected chi connectivity index (χ1v) is 7.32. The van der Waals surface area contributed by atoms with Crippen molar-refractivity contribution in [2.24, 2.45) is 0 Å². The van der Waals surface area contributed by atoms with Crippen molar-refractivity contribution >= 4 is 5.65 Å². The Kier molecular flexibility index (Phi) is 2.62. The number of rotatable bonds is 2. The summed E-state index contributed by atoms with van der Waals surface area (Å²) >= 11 is 0. The number of fused-ring (bicyclic) bond motifs is 2. The van der Waals surface area contributed by atoms with Crippen LogP contribution in [0.1, 0.15) is 34.7 Å². The van der Waals surface area contributed by atoms with Gasteiger partial charge in [0.15, 0.2) is 0 Å².